The first-order valence-electron chi connectivity index (χ1n) is 6.35. The zero-order chi connectivity index (χ0) is 12.3. The Balaban J connectivity index is 2.27. The molecule has 5 heteroatoms. The van der Waals surface area contributed by atoms with Gasteiger partial charge >= 0.3 is 0 Å². The topological polar surface area (TPSA) is 67.1 Å². The van der Waals surface area contributed by atoms with Gasteiger partial charge in [-0.05, 0) is 32.1 Å². The molecular weight excluding hydrogens is 214 g/mol. The van der Waals surface area contributed by atoms with Crippen LogP contribution in [0.5, 0.6) is 0 Å². The van der Waals surface area contributed by atoms with Crippen molar-refractivity contribution in [3.63, 3.8) is 0 Å². The summed E-state index contributed by atoms with van der Waals surface area (Å²) in [7, 11) is 0. The summed E-state index contributed by atoms with van der Waals surface area (Å²) in [5.41, 5.74) is 3.77. The minimum Gasteiger partial charge on any atom is -0.356 e. The maximum Gasteiger partial charge on any atom is 0.148 e. The summed E-state index contributed by atoms with van der Waals surface area (Å²) in [4.78, 5) is 10.9. The standard InChI is InChI=1S/C12H21N5/c1-3-10-11(16-13)14-8-15-12(10)17(4-2)7-9-5-6-9/h8-9H,3-7,13H2,1-2H3,(H,14,15,16). The highest BCUT2D eigenvalue weighted by molar-refractivity contribution is 5.58. The predicted molar refractivity (Wildman–Crippen MR) is 69.8 cm³/mol. The summed E-state index contributed by atoms with van der Waals surface area (Å²) in [5, 5.41) is 0. The molecule has 0 unspecified atom stereocenters. The molecule has 1 aliphatic carbocycles. The number of nitrogen functional groups attached to an aromatic ring is 1. The molecule has 0 saturated heterocycles. The number of rotatable bonds is 6. The van der Waals surface area contributed by atoms with Crippen LogP contribution >= 0.6 is 0 Å². The molecule has 2 rings (SSSR count). The SMILES string of the molecule is CCc1c(NN)ncnc1N(CC)CC1CC1. The average molecular weight is 235 g/mol. The van der Waals surface area contributed by atoms with Gasteiger partial charge < -0.3 is 10.3 Å². The van der Waals surface area contributed by atoms with Crippen LogP contribution in [0.4, 0.5) is 11.6 Å². The minimum atomic E-state index is 0.742. The van der Waals surface area contributed by atoms with Crippen molar-refractivity contribution in [3.05, 3.63) is 11.9 Å². The Labute approximate surface area is 102 Å². The molecule has 1 aliphatic rings. The Bertz CT molecular complexity index is 375. The molecule has 0 spiro atoms. The van der Waals surface area contributed by atoms with Crippen LogP contribution in [0.3, 0.4) is 0 Å². The molecule has 17 heavy (non-hydrogen) atoms. The van der Waals surface area contributed by atoms with Crippen LogP contribution in [0.1, 0.15) is 32.3 Å². The second-order valence-electron chi connectivity index (χ2n) is 4.50. The third-order valence-electron chi connectivity index (χ3n) is 3.27. The Morgan fingerprint density at radius 3 is 2.71 bits per heavy atom. The number of nitrogens with zero attached hydrogens (tertiary/aromatic N) is 3. The van der Waals surface area contributed by atoms with Gasteiger partial charge in [0, 0.05) is 18.7 Å². The van der Waals surface area contributed by atoms with E-state index in [9.17, 15) is 0 Å². The van der Waals surface area contributed by atoms with Crippen LogP contribution in [-0.2, 0) is 6.42 Å². The smallest absolute Gasteiger partial charge is 0.148 e. The highest BCUT2D eigenvalue weighted by atomic mass is 15.3. The van der Waals surface area contributed by atoms with E-state index in [1.54, 1.807) is 6.33 Å². The van der Waals surface area contributed by atoms with E-state index >= 15 is 0 Å². The van der Waals surface area contributed by atoms with Gasteiger partial charge in [-0.25, -0.2) is 15.8 Å². The molecule has 0 aliphatic heterocycles. The van der Waals surface area contributed by atoms with Crippen molar-refractivity contribution < 1.29 is 0 Å². The summed E-state index contributed by atoms with van der Waals surface area (Å²) in [6.45, 7) is 6.35. The van der Waals surface area contributed by atoms with Gasteiger partial charge in [-0.2, -0.15) is 0 Å². The van der Waals surface area contributed by atoms with Crippen LogP contribution in [0, 0.1) is 5.92 Å². The van der Waals surface area contributed by atoms with Crippen LogP contribution in [0.2, 0.25) is 0 Å². The van der Waals surface area contributed by atoms with Gasteiger partial charge in [0.05, 0.1) is 0 Å². The fourth-order valence-corrected chi connectivity index (χ4v) is 2.10. The number of nitrogens with one attached hydrogen (secondary N) is 1. The summed E-state index contributed by atoms with van der Waals surface area (Å²) in [6.07, 6.45) is 5.17. The highest BCUT2D eigenvalue weighted by Gasteiger charge is 2.25. The van der Waals surface area contributed by atoms with Gasteiger partial charge in [0.25, 0.3) is 0 Å². The molecule has 1 aromatic rings. The summed E-state index contributed by atoms with van der Waals surface area (Å²) >= 11 is 0. The number of nitrogens with two attached hydrogens (primary N) is 1. The van der Waals surface area contributed by atoms with Crippen molar-refractivity contribution in [1.82, 2.24) is 9.97 Å². The lowest BCUT2D eigenvalue weighted by Crippen LogP contribution is -2.28. The van der Waals surface area contributed by atoms with Crippen LogP contribution in [-0.4, -0.2) is 23.1 Å². The van der Waals surface area contributed by atoms with Crippen LogP contribution in [0.25, 0.3) is 0 Å². The monoisotopic (exact) mass is 235 g/mol. The van der Waals surface area contributed by atoms with E-state index in [1.807, 2.05) is 0 Å². The fraction of sp³-hybridized carbons (Fsp3) is 0.667. The largest absolute Gasteiger partial charge is 0.356 e. The maximum absolute atomic E-state index is 5.49. The first kappa shape index (κ1) is 12.1. The van der Waals surface area contributed by atoms with Crippen LogP contribution in [0.15, 0.2) is 6.33 Å². The second kappa shape index (κ2) is 5.31. The molecular formula is C12H21N5. The van der Waals surface area contributed by atoms with Crippen molar-refractivity contribution >= 4 is 11.6 Å². The van der Waals surface area contributed by atoms with E-state index in [0.29, 0.717) is 0 Å². The maximum atomic E-state index is 5.49. The number of hydrogen-bond acceptors (Lipinski definition) is 5. The Kier molecular flexibility index (Phi) is 3.78. The minimum absolute atomic E-state index is 0.742. The van der Waals surface area contributed by atoms with Gasteiger partial charge in [0.1, 0.15) is 18.0 Å². The Morgan fingerprint density at radius 2 is 2.18 bits per heavy atom. The Hall–Kier alpha value is -1.36. The van der Waals surface area contributed by atoms with Gasteiger partial charge in [-0.15, -0.1) is 0 Å². The predicted octanol–water partition coefficient (Wildman–Crippen LogP) is 1.56. The number of hydrazine groups is 1. The van der Waals surface area contributed by atoms with Gasteiger partial charge in [-0.1, -0.05) is 6.92 Å². The van der Waals surface area contributed by atoms with E-state index in [1.165, 1.54) is 12.8 Å². The molecule has 0 aromatic carbocycles. The second-order valence-corrected chi connectivity index (χ2v) is 4.50. The third kappa shape index (κ3) is 2.66. The molecule has 1 aromatic heterocycles. The average Bonchev–Trinajstić information content (AvgIpc) is 3.18. The molecule has 0 amide bonds. The summed E-state index contributed by atoms with van der Waals surface area (Å²) < 4.78 is 0. The van der Waals surface area contributed by atoms with E-state index < -0.39 is 0 Å². The molecule has 1 heterocycles. The van der Waals surface area contributed by atoms with Crippen molar-refractivity contribution in [1.29, 1.82) is 0 Å². The van der Waals surface area contributed by atoms with E-state index in [-0.39, 0.29) is 0 Å². The van der Waals surface area contributed by atoms with E-state index in [4.69, 9.17) is 5.84 Å². The summed E-state index contributed by atoms with van der Waals surface area (Å²) in [6, 6.07) is 0. The van der Waals surface area contributed by atoms with Gasteiger partial charge in [0.2, 0.25) is 0 Å². The van der Waals surface area contributed by atoms with Crippen molar-refractivity contribution in [2.45, 2.75) is 33.1 Å². The van der Waals surface area contributed by atoms with Crippen LogP contribution < -0.4 is 16.2 Å². The fourth-order valence-electron chi connectivity index (χ4n) is 2.10. The molecule has 3 N–H and O–H groups in total. The highest BCUT2D eigenvalue weighted by Crippen LogP contribution is 2.32. The molecule has 0 bridgehead atoms. The normalized spacial score (nSPS) is 14.8. The lowest BCUT2D eigenvalue weighted by Gasteiger charge is -2.24. The molecule has 5 nitrogen and oxygen atoms in total. The molecule has 94 valence electrons. The quantitative estimate of drug-likeness (QED) is 0.578. The molecule has 1 saturated carbocycles. The number of anilines is 2. The number of hydrogen-bond donors (Lipinski definition) is 2. The lowest BCUT2D eigenvalue weighted by atomic mass is 10.2. The van der Waals surface area contributed by atoms with E-state index in [2.05, 4.69) is 34.1 Å². The third-order valence-corrected chi connectivity index (χ3v) is 3.27. The first-order valence-corrected chi connectivity index (χ1v) is 6.35. The van der Waals surface area contributed by atoms with Crippen molar-refractivity contribution in [2.75, 3.05) is 23.4 Å². The zero-order valence-corrected chi connectivity index (χ0v) is 10.6. The Morgan fingerprint density at radius 1 is 1.41 bits per heavy atom. The van der Waals surface area contributed by atoms with Gasteiger partial charge in [0.15, 0.2) is 0 Å². The first-order chi connectivity index (χ1) is 8.30. The number of aromatic nitrogens is 2. The molecule has 1 fully saturated rings. The molecule has 0 atom stereocenters. The van der Waals surface area contributed by atoms with Gasteiger partial charge in [-0.3, -0.25) is 0 Å². The van der Waals surface area contributed by atoms with E-state index in [0.717, 1.165) is 42.6 Å². The molecule has 0 radical (unpaired) electrons. The lowest BCUT2D eigenvalue weighted by molar-refractivity contribution is 0.725. The summed E-state index contributed by atoms with van der Waals surface area (Å²) in [5.74, 6) is 8.12. The van der Waals surface area contributed by atoms with Crippen molar-refractivity contribution in [2.24, 2.45) is 11.8 Å². The zero-order valence-electron chi connectivity index (χ0n) is 10.6. The van der Waals surface area contributed by atoms with Crippen molar-refractivity contribution in [3.8, 4) is 0 Å².